The summed E-state index contributed by atoms with van der Waals surface area (Å²) in [7, 11) is 3.96. The molecule has 0 radical (unpaired) electrons. The van der Waals surface area contributed by atoms with E-state index in [4.69, 9.17) is 0 Å². The quantitative estimate of drug-likeness (QED) is 0.802. The number of piperidine rings is 2. The van der Waals surface area contributed by atoms with Crippen molar-refractivity contribution in [1.29, 1.82) is 0 Å². The van der Waals surface area contributed by atoms with E-state index in [-0.39, 0.29) is 17.7 Å². The van der Waals surface area contributed by atoms with Crippen LogP contribution in [0, 0.1) is 5.92 Å². The zero-order valence-corrected chi connectivity index (χ0v) is 16.2. The van der Waals surface area contributed by atoms with Gasteiger partial charge >= 0.3 is 0 Å². The third-order valence-electron chi connectivity index (χ3n) is 6.03. The Morgan fingerprint density at radius 2 is 1.96 bits per heavy atom. The Balaban J connectivity index is 1.63. The maximum absolute atomic E-state index is 11.8. The Labute approximate surface area is 159 Å². The number of hydrogen-bond acceptors (Lipinski definition) is 5. The molecule has 0 spiro atoms. The summed E-state index contributed by atoms with van der Waals surface area (Å²) in [6.45, 7) is 4.35. The molecule has 3 heterocycles. The maximum Gasteiger partial charge on any atom is 0.227 e. The first kappa shape index (κ1) is 18.0. The number of fused-ring (bicyclic) bond motifs is 1. The normalized spacial score (nSPS) is 24.5. The minimum absolute atomic E-state index is 0.146. The Bertz CT molecular complexity index is 874. The van der Waals surface area contributed by atoms with Crippen molar-refractivity contribution in [2.75, 3.05) is 25.0 Å². The summed E-state index contributed by atoms with van der Waals surface area (Å²) in [4.78, 5) is 26.0. The molecule has 27 heavy (non-hydrogen) atoms. The SMILES string of the molecule is CN[C@H]1CCN(c2ccc3c(C4CC(=O)NC(=O)C4)nn(C)c3c2)C[C@@H]1C. The number of nitrogens with one attached hydrogen (secondary N) is 2. The molecule has 7 nitrogen and oxygen atoms in total. The maximum atomic E-state index is 11.8. The minimum Gasteiger partial charge on any atom is -0.371 e. The Hall–Kier alpha value is -2.41. The molecule has 2 aliphatic heterocycles. The summed E-state index contributed by atoms with van der Waals surface area (Å²) in [6.07, 6.45) is 1.76. The lowest BCUT2D eigenvalue weighted by molar-refractivity contribution is -0.133. The molecule has 0 saturated carbocycles. The third kappa shape index (κ3) is 3.32. The molecule has 1 aromatic heterocycles. The van der Waals surface area contributed by atoms with Gasteiger partial charge in [0.2, 0.25) is 11.8 Å². The van der Waals surface area contributed by atoms with E-state index in [1.54, 1.807) is 0 Å². The fourth-order valence-electron chi connectivity index (χ4n) is 4.55. The molecule has 1 aromatic carbocycles. The van der Waals surface area contributed by atoms with Crippen LogP contribution < -0.4 is 15.5 Å². The number of rotatable bonds is 3. The fourth-order valence-corrected chi connectivity index (χ4v) is 4.55. The van der Waals surface area contributed by atoms with Crippen LogP contribution in [0.4, 0.5) is 5.69 Å². The molecule has 4 rings (SSSR count). The lowest BCUT2D eigenvalue weighted by atomic mass is 9.91. The molecular formula is C20H27N5O2. The van der Waals surface area contributed by atoms with E-state index >= 15 is 0 Å². The zero-order valence-electron chi connectivity index (χ0n) is 16.2. The smallest absolute Gasteiger partial charge is 0.227 e. The van der Waals surface area contributed by atoms with Crippen LogP contribution in [-0.4, -0.2) is 47.8 Å². The Morgan fingerprint density at radius 1 is 1.22 bits per heavy atom. The first-order valence-corrected chi connectivity index (χ1v) is 9.67. The zero-order chi connectivity index (χ0) is 19.1. The lowest BCUT2D eigenvalue weighted by Gasteiger charge is -2.38. The Morgan fingerprint density at radius 3 is 2.63 bits per heavy atom. The molecule has 144 valence electrons. The van der Waals surface area contributed by atoms with Crippen LogP contribution in [0.25, 0.3) is 10.9 Å². The van der Waals surface area contributed by atoms with Crippen molar-refractivity contribution in [1.82, 2.24) is 20.4 Å². The molecule has 0 aliphatic carbocycles. The number of carbonyl (C=O) groups is 2. The minimum atomic E-state index is -0.215. The Kier molecular flexibility index (Phi) is 4.63. The van der Waals surface area contributed by atoms with Gasteiger partial charge in [-0.3, -0.25) is 19.6 Å². The van der Waals surface area contributed by atoms with Crippen LogP contribution in [0.1, 0.15) is 37.8 Å². The highest BCUT2D eigenvalue weighted by atomic mass is 16.2. The number of nitrogens with zero attached hydrogens (tertiary/aromatic N) is 3. The molecule has 2 atom stereocenters. The highest BCUT2D eigenvalue weighted by molar-refractivity contribution is 5.99. The van der Waals surface area contributed by atoms with Crippen LogP contribution in [0.3, 0.4) is 0 Å². The van der Waals surface area contributed by atoms with E-state index in [1.165, 1.54) is 5.69 Å². The first-order valence-electron chi connectivity index (χ1n) is 9.67. The van der Waals surface area contributed by atoms with Crippen LogP contribution in [-0.2, 0) is 16.6 Å². The number of aromatic nitrogens is 2. The van der Waals surface area contributed by atoms with Crippen LogP contribution in [0.5, 0.6) is 0 Å². The van der Waals surface area contributed by atoms with Gasteiger partial charge in [-0.05, 0) is 37.6 Å². The van der Waals surface area contributed by atoms with Crippen molar-refractivity contribution >= 4 is 28.4 Å². The average Bonchev–Trinajstić information content (AvgIpc) is 2.97. The topological polar surface area (TPSA) is 79.3 Å². The molecule has 2 aliphatic rings. The predicted octanol–water partition coefficient (Wildman–Crippen LogP) is 1.53. The standard InChI is InChI=1S/C20H27N5O2/c1-12-11-25(7-6-16(12)21-2)14-4-5-15-17(10-14)24(3)23-20(15)13-8-18(26)22-19(27)9-13/h4-5,10,12-13,16,21H,6-9,11H2,1-3H3,(H,22,26,27)/t12-,16-/m0/s1. The summed E-state index contributed by atoms with van der Waals surface area (Å²) in [5.74, 6) is 0.0154. The van der Waals surface area contributed by atoms with Gasteiger partial charge in [-0.15, -0.1) is 0 Å². The third-order valence-corrected chi connectivity index (χ3v) is 6.03. The van der Waals surface area contributed by atoms with E-state index in [2.05, 4.69) is 45.8 Å². The number of hydrogen-bond donors (Lipinski definition) is 2. The molecule has 0 unspecified atom stereocenters. The molecule has 2 fully saturated rings. The molecular weight excluding hydrogens is 342 g/mol. The predicted molar refractivity (Wildman–Crippen MR) is 105 cm³/mol. The van der Waals surface area contributed by atoms with E-state index in [0.29, 0.717) is 24.8 Å². The molecule has 2 N–H and O–H groups in total. The van der Waals surface area contributed by atoms with Gasteiger partial charge in [-0.2, -0.15) is 5.10 Å². The van der Waals surface area contributed by atoms with Crippen LogP contribution >= 0.6 is 0 Å². The second kappa shape index (κ2) is 6.96. The van der Waals surface area contributed by atoms with Crippen molar-refractivity contribution in [2.24, 2.45) is 13.0 Å². The molecule has 2 saturated heterocycles. The summed E-state index contributed by atoms with van der Waals surface area (Å²) < 4.78 is 1.87. The number of carbonyl (C=O) groups excluding carboxylic acids is 2. The van der Waals surface area contributed by atoms with Crippen LogP contribution in [0.2, 0.25) is 0 Å². The molecule has 2 aromatic rings. The molecule has 0 bridgehead atoms. The molecule has 2 amide bonds. The fraction of sp³-hybridized carbons (Fsp3) is 0.550. The highest BCUT2D eigenvalue weighted by Gasteiger charge is 2.30. The number of imide groups is 1. The second-order valence-electron chi connectivity index (χ2n) is 7.89. The summed E-state index contributed by atoms with van der Waals surface area (Å²) in [6, 6.07) is 7.00. The van der Waals surface area contributed by atoms with E-state index in [0.717, 1.165) is 36.1 Å². The highest BCUT2D eigenvalue weighted by Crippen LogP contribution is 2.34. The van der Waals surface area contributed by atoms with Gasteiger partial charge in [0.05, 0.1) is 11.2 Å². The van der Waals surface area contributed by atoms with E-state index in [1.807, 2.05) is 18.8 Å². The van der Waals surface area contributed by atoms with Gasteiger partial charge in [0.15, 0.2) is 0 Å². The van der Waals surface area contributed by atoms with Crippen molar-refractivity contribution in [3.8, 4) is 0 Å². The summed E-state index contributed by atoms with van der Waals surface area (Å²) >= 11 is 0. The summed E-state index contributed by atoms with van der Waals surface area (Å²) in [5.41, 5.74) is 3.10. The van der Waals surface area contributed by atoms with Gasteiger partial charge in [0, 0.05) is 56.0 Å². The van der Waals surface area contributed by atoms with Gasteiger partial charge < -0.3 is 10.2 Å². The van der Waals surface area contributed by atoms with Gasteiger partial charge in [0.1, 0.15) is 0 Å². The number of benzene rings is 1. The lowest BCUT2D eigenvalue weighted by Crippen LogP contribution is -2.47. The van der Waals surface area contributed by atoms with Crippen LogP contribution in [0.15, 0.2) is 18.2 Å². The molecule has 7 heteroatoms. The monoisotopic (exact) mass is 369 g/mol. The van der Waals surface area contributed by atoms with Crippen molar-refractivity contribution in [3.63, 3.8) is 0 Å². The first-order chi connectivity index (χ1) is 13.0. The van der Waals surface area contributed by atoms with Gasteiger partial charge in [-0.1, -0.05) is 6.92 Å². The van der Waals surface area contributed by atoms with Crippen molar-refractivity contribution in [3.05, 3.63) is 23.9 Å². The van der Waals surface area contributed by atoms with E-state index in [9.17, 15) is 9.59 Å². The largest absolute Gasteiger partial charge is 0.371 e. The van der Waals surface area contributed by atoms with Gasteiger partial charge in [-0.25, -0.2) is 0 Å². The van der Waals surface area contributed by atoms with Gasteiger partial charge in [0.25, 0.3) is 0 Å². The summed E-state index contributed by atoms with van der Waals surface area (Å²) in [5, 5.41) is 11.5. The van der Waals surface area contributed by atoms with Crippen molar-refractivity contribution < 1.29 is 9.59 Å². The van der Waals surface area contributed by atoms with E-state index < -0.39 is 0 Å². The number of aryl methyl sites for hydroxylation is 1. The number of amides is 2. The van der Waals surface area contributed by atoms with Crippen molar-refractivity contribution in [2.45, 2.75) is 38.1 Å². The number of anilines is 1. The second-order valence-corrected chi connectivity index (χ2v) is 7.89. The average molecular weight is 369 g/mol.